The molecular formula is C8H18N2O2. The van der Waals surface area contributed by atoms with Gasteiger partial charge in [0.05, 0.1) is 13.7 Å². The monoisotopic (exact) mass is 174 g/mol. The second kappa shape index (κ2) is 8.49. The summed E-state index contributed by atoms with van der Waals surface area (Å²) >= 11 is 0. The summed E-state index contributed by atoms with van der Waals surface area (Å²) in [5.41, 5.74) is 0. The maximum absolute atomic E-state index is 10.6. The number of ether oxygens (including phenoxy) is 1. The maximum atomic E-state index is 10.6. The van der Waals surface area contributed by atoms with E-state index in [0.717, 1.165) is 26.1 Å². The van der Waals surface area contributed by atoms with Crippen molar-refractivity contribution in [2.24, 2.45) is 0 Å². The van der Waals surface area contributed by atoms with Gasteiger partial charge in [-0.05, 0) is 13.0 Å². The molecule has 0 amide bonds. The summed E-state index contributed by atoms with van der Waals surface area (Å²) in [5.74, 6) is -0.217. The van der Waals surface area contributed by atoms with E-state index in [1.54, 1.807) is 0 Å². The molecular weight excluding hydrogens is 156 g/mol. The van der Waals surface area contributed by atoms with Crippen molar-refractivity contribution >= 4 is 5.97 Å². The van der Waals surface area contributed by atoms with E-state index >= 15 is 0 Å². The van der Waals surface area contributed by atoms with Gasteiger partial charge in [-0.2, -0.15) is 0 Å². The number of methoxy groups -OCH3 is 1. The molecule has 0 aliphatic rings. The van der Waals surface area contributed by atoms with Gasteiger partial charge in [0, 0.05) is 13.1 Å². The van der Waals surface area contributed by atoms with Crippen molar-refractivity contribution < 1.29 is 9.53 Å². The molecule has 0 aliphatic carbocycles. The van der Waals surface area contributed by atoms with Gasteiger partial charge in [0.2, 0.25) is 0 Å². The summed E-state index contributed by atoms with van der Waals surface area (Å²) in [7, 11) is 1.39. The van der Waals surface area contributed by atoms with Crippen LogP contribution < -0.4 is 10.6 Å². The van der Waals surface area contributed by atoms with E-state index < -0.39 is 0 Å². The molecule has 0 spiro atoms. The Morgan fingerprint density at radius 1 is 1.25 bits per heavy atom. The fourth-order valence-corrected chi connectivity index (χ4v) is 0.741. The minimum atomic E-state index is -0.217. The molecule has 0 saturated carbocycles. The van der Waals surface area contributed by atoms with Crippen LogP contribution in [0.25, 0.3) is 0 Å². The first kappa shape index (κ1) is 11.4. The summed E-state index contributed by atoms with van der Waals surface area (Å²) < 4.78 is 4.46. The second-order valence-electron chi connectivity index (χ2n) is 2.50. The first-order valence-corrected chi connectivity index (χ1v) is 4.29. The third kappa shape index (κ3) is 7.50. The highest BCUT2D eigenvalue weighted by Gasteiger charge is 1.96. The van der Waals surface area contributed by atoms with Gasteiger partial charge in [-0.1, -0.05) is 6.92 Å². The number of hydrogen-bond acceptors (Lipinski definition) is 4. The van der Waals surface area contributed by atoms with E-state index in [1.807, 2.05) is 0 Å². The van der Waals surface area contributed by atoms with E-state index in [1.165, 1.54) is 7.11 Å². The van der Waals surface area contributed by atoms with Crippen LogP contribution in [0, 0.1) is 0 Å². The van der Waals surface area contributed by atoms with Crippen LogP contribution in [0.1, 0.15) is 13.3 Å². The highest BCUT2D eigenvalue weighted by Crippen LogP contribution is 1.70. The first-order chi connectivity index (χ1) is 5.81. The van der Waals surface area contributed by atoms with Crippen molar-refractivity contribution in [1.82, 2.24) is 10.6 Å². The molecule has 4 heteroatoms. The van der Waals surface area contributed by atoms with Crippen molar-refractivity contribution in [1.29, 1.82) is 0 Å². The molecule has 0 radical (unpaired) electrons. The second-order valence-corrected chi connectivity index (χ2v) is 2.50. The Morgan fingerprint density at radius 2 is 1.92 bits per heavy atom. The molecule has 4 nitrogen and oxygen atoms in total. The van der Waals surface area contributed by atoms with Crippen LogP contribution in [0.15, 0.2) is 0 Å². The lowest BCUT2D eigenvalue weighted by atomic mass is 10.4. The molecule has 0 unspecified atom stereocenters. The summed E-state index contributed by atoms with van der Waals surface area (Å²) in [5, 5.41) is 6.17. The summed E-state index contributed by atoms with van der Waals surface area (Å²) in [6, 6.07) is 0. The summed E-state index contributed by atoms with van der Waals surface area (Å²) in [6.45, 7) is 5.14. The van der Waals surface area contributed by atoms with Crippen LogP contribution in [-0.4, -0.2) is 39.3 Å². The van der Waals surface area contributed by atoms with E-state index in [9.17, 15) is 4.79 Å². The predicted molar refractivity (Wildman–Crippen MR) is 48.0 cm³/mol. The van der Waals surface area contributed by atoms with Crippen LogP contribution in [0.2, 0.25) is 0 Å². The molecule has 0 saturated heterocycles. The number of carbonyl (C=O) groups is 1. The number of esters is 1. The Morgan fingerprint density at radius 3 is 2.50 bits per heavy atom. The van der Waals surface area contributed by atoms with Crippen molar-refractivity contribution in [3.63, 3.8) is 0 Å². The van der Waals surface area contributed by atoms with Gasteiger partial charge in [-0.3, -0.25) is 4.79 Å². The van der Waals surface area contributed by atoms with E-state index in [-0.39, 0.29) is 5.97 Å². The van der Waals surface area contributed by atoms with Crippen LogP contribution in [0.5, 0.6) is 0 Å². The lowest BCUT2D eigenvalue weighted by Crippen LogP contribution is -2.31. The van der Waals surface area contributed by atoms with Crippen molar-refractivity contribution in [3.05, 3.63) is 0 Å². The van der Waals surface area contributed by atoms with Crippen molar-refractivity contribution in [2.45, 2.75) is 13.3 Å². The SMILES string of the molecule is CCCNCCNCC(=O)OC. The molecule has 0 rings (SSSR count). The zero-order chi connectivity index (χ0) is 9.23. The third-order valence-corrected chi connectivity index (χ3v) is 1.40. The number of carbonyl (C=O) groups excluding carboxylic acids is 1. The maximum Gasteiger partial charge on any atom is 0.319 e. The van der Waals surface area contributed by atoms with Crippen LogP contribution in [0.4, 0.5) is 0 Å². The summed E-state index contributed by atoms with van der Waals surface area (Å²) in [4.78, 5) is 10.6. The van der Waals surface area contributed by atoms with Crippen LogP contribution in [0.3, 0.4) is 0 Å². The average Bonchev–Trinajstić information content (AvgIpc) is 2.10. The molecule has 0 aliphatic heterocycles. The van der Waals surface area contributed by atoms with Gasteiger partial charge < -0.3 is 15.4 Å². The van der Waals surface area contributed by atoms with Gasteiger partial charge in [-0.25, -0.2) is 0 Å². The molecule has 0 atom stereocenters. The number of hydrogen-bond donors (Lipinski definition) is 2. The van der Waals surface area contributed by atoms with E-state index in [2.05, 4.69) is 22.3 Å². The van der Waals surface area contributed by atoms with E-state index in [4.69, 9.17) is 0 Å². The molecule has 72 valence electrons. The predicted octanol–water partition coefficient (Wildman–Crippen LogP) is -0.251. The number of rotatable bonds is 7. The Kier molecular flexibility index (Phi) is 8.05. The van der Waals surface area contributed by atoms with Crippen LogP contribution >= 0.6 is 0 Å². The molecule has 0 fully saturated rings. The Labute approximate surface area is 73.7 Å². The lowest BCUT2D eigenvalue weighted by molar-refractivity contribution is -0.139. The van der Waals surface area contributed by atoms with Crippen molar-refractivity contribution in [3.8, 4) is 0 Å². The molecule has 0 aromatic heterocycles. The normalized spacial score (nSPS) is 9.83. The minimum absolute atomic E-state index is 0.217. The molecule has 0 heterocycles. The Bertz CT molecular complexity index is 118. The van der Waals surface area contributed by atoms with Gasteiger partial charge in [-0.15, -0.1) is 0 Å². The van der Waals surface area contributed by atoms with Crippen molar-refractivity contribution in [2.75, 3.05) is 33.3 Å². The first-order valence-electron chi connectivity index (χ1n) is 4.29. The van der Waals surface area contributed by atoms with Crippen LogP contribution in [-0.2, 0) is 9.53 Å². The zero-order valence-electron chi connectivity index (χ0n) is 7.85. The lowest BCUT2D eigenvalue weighted by Gasteiger charge is -2.03. The van der Waals surface area contributed by atoms with Gasteiger partial charge in [0.25, 0.3) is 0 Å². The molecule has 0 aromatic carbocycles. The molecule has 0 aromatic rings. The zero-order valence-corrected chi connectivity index (χ0v) is 7.85. The Balaban J connectivity index is 2.95. The molecule has 2 N–H and O–H groups in total. The highest BCUT2D eigenvalue weighted by molar-refractivity contribution is 5.71. The van der Waals surface area contributed by atoms with Gasteiger partial charge in [0.1, 0.15) is 0 Å². The van der Waals surface area contributed by atoms with Gasteiger partial charge >= 0.3 is 5.97 Å². The largest absolute Gasteiger partial charge is 0.468 e. The topological polar surface area (TPSA) is 50.4 Å². The molecule has 12 heavy (non-hydrogen) atoms. The quantitative estimate of drug-likeness (QED) is 0.413. The third-order valence-electron chi connectivity index (χ3n) is 1.40. The fraction of sp³-hybridized carbons (Fsp3) is 0.875. The average molecular weight is 174 g/mol. The smallest absolute Gasteiger partial charge is 0.319 e. The van der Waals surface area contributed by atoms with E-state index in [0.29, 0.717) is 6.54 Å². The standard InChI is InChI=1S/C8H18N2O2/c1-3-4-9-5-6-10-7-8(11)12-2/h9-10H,3-7H2,1-2H3. The number of nitrogens with one attached hydrogen (secondary N) is 2. The Hall–Kier alpha value is -0.610. The molecule has 0 bridgehead atoms. The highest BCUT2D eigenvalue weighted by atomic mass is 16.5. The fourth-order valence-electron chi connectivity index (χ4n) is 0.741. The van der Waals surface area contributed by atoms with Gasteiger partial charge in [0.15, 0.2) is 0 Å². The summed E-state index contributed by atoms with van der Waals surface area (Å²) in [6.07, 6.45) is 1.14. The minimum Gasteiger partial charge on any atom is -0.468 e.